The third-order valence-electron chi connectivity index (χ3n) is 3.77. The Labute approximate surface area is 126 Å². The third kappa shape index (κ3) is 5.70. The molecule has 2 atom stereocenters. The lowest BCUT2D eigenvalue weighted by atomic mass is 9.90. The Hall–Kier alpha value is -0.280. The minimum Gasteiger partial charge on any atom is -0.457 e. The molecule has 1 aromatic rings. The first kappa shape index (κ1) is 16.8. The number of unbranched alkanes of at least 4 members (excludes halogenated alkanes) is 1. The van der Waals surface area contributed by atoms with Crippen molar-refractivity contribution in [3.05, 3.63) is 22.6 Å². The second kappa shape index (κ2) is 9.60. The smallest absolute Gasteiger partial charge is 0.173 e. The van der Waals surface area contributed by atoms with Crippen LogP contribution in [0.25, 0.3) is 0 Å². The van der Waals surface area contributed by atoms with Crippen LogP contribution < -0.4 is 5.32 Å². The molecule has 19 heavy (non-hydrogen) atoms. The van der Waals surface area contributed by atoms with Crippen LogP contribution in [0, 0.1) is 5.92 Å². The SMILES string of the molecule is CCCCC(CC)CC(NCCC)c1ccoc1Br. The van der Waals surface area contributed by atoms with E-state index in [0.29, 0.717) is 6.04 Å². The van der Waals surface area contributed by atoms with Crippen LogP contribution in [-0.2, 0) is 0 Å². The Morgan fingerprint density at radius 1 is 1.26 bits per heavy atom. The zero-order chi connectivity index (χ0) is 14.1. The van der Waals surface area contributed by atoms with Crippen molar-refractivity contribution in [1.82, 2.24) is 5.32 Å². The predicted molar refractivity (Wildman–Crippen MR) is 85.4 cm³/mol. The Morgan fingerprint density at radius 2 is 2.05 bits per heavy atom. The maximum Gasteiger partial charge on any atom is 0.173 e. The number of furan rings is 1. The summed E-state index contributed by atoms with van der Waals surface area (Å²) in [4.78, 5) is 0. The zero-order valence-corrected chi connectivity index (χ0v) is 14.1. The molecular formula is C16H28BrNO. The van der Waals surface area contributed by atoms with Crippen molar-refractivity contribution < 1.29 is 4.42 Å². The van der Waals surface area contributed by atoms with Gasteiger partial charge in [-0.25, -0.2) is 0 Å². The van der Waals surface area contributed by atoms with Crippen molar-refractivity contribution in [2.75, 3.05) is 6.54 Å². The summed E-state index contributed by atoms with van der Waals surface area (Å²) in [5.74, 6) is 0.802. The second-order valence-corrected chi connectivity index (χ2v) is 6.03. The minimum atomic E-state index is 0.412. The minimum absolute atomic E-state index is 0.412. The van der Waals surface area contributed by atoms with Gasteiger partial charge in [0.15, 0.2) is 4.67 Å². The Bertz CT molecular complexity index is 337. The molecule has 0 aliphatic carbocycles. The highest BCUT2D eigenvalue weighted by molar-refractivity contribution is 9.10. The van der Waals surface area contributed by atoms with Gasteiger partial charge in [-0.2, -0.15) is 0 Å². The van der Waals surface area contributed by atoms with Crippen molar-refractivity contribution in [3.8, 4) is 0 Å². The summed E-state index contributed by atoms with van der Waals surface area (Å²) in [6.45, 7) is 7.85. The molecule has 0 fully saturated rings. The maximum atomic E-state index is 5.40. The van der Waals surface area contributed by atoms with E-state index < -0.39 is 0 Å². The van der Waals surface area contributed by atoms with E-state index in [1.165, 1.54) is 37.7 Å². The Morgan fingerprint density at radius 3 is 2.58 bits per heavy atom. The van der Waals surface area contributed by atoms with Crippen LogP contribution >= 0.6 is 15.9 Å². The quantitative estimate of drug-likeness (QED) is 0.596. The van der Waals surface area contributed by atoms with Gasteiger partial charge in [-0.15, -0.1) is 0 Å². The lowest BCUT2D eigenvalue weighted by molar-refractivity contribution is 0.351. The van der Waals surface area contributed by atoms with Crippen molar-refractivity contribution >= 4 is 15.9 Å². The first-order chi connectivity index (χ1) is 9.22. The number of hydrogen-bond donors (Lipinski definition) is 1. The molecule has 0 aromatic carbocycles. The third-order valence-corrected chi connectivity index (χ3v) is 4.42. The summed E-state index contributed by atoms with van der Waals surface area (Å²) in [5, 5.41) is 3.66. The highest BCUT2D eigenvalue weighted by Gasteiger charge is 2.20. The number of nitrogens with one attached hydrogen (secondary N) is 1. The molecule has 0 amide bonds. The highest BCUT2D eigenvalue weighted by atomic mass is 79.9. The molecule has 1 N–H and O–H groups in total. The standard InChI is InChI=1S/C16H28BrNO/c1-4-7-8-13(6-3)12-15(18-10-5-2)14-9-11-19-16(14)17/h9,11,13,15,18H,4-8,10,12H2,1-3H3. The highest BCUT2D eigenvalue weighted by Crippen LogP contribution is 2.31. The first-order valence-electron chi connectivity index (χ1n) is 7.69. The molecule has 0 saturated heterocycles. The van der Waals surface area contributed by atoms with Gasteiger partial charge in [0, 0.05) is 11.6 Å². The molecule has 3 heteroatoms. The van der Waals surface area contributed by atoms with E-state index in [1.807, 2.05) is 0 Å². The fourth-order valence-electron chi connectivity index (χ4n) is 2.51. The number of rotatable bonds is 10. The van der Waals surface area contributed by atoms with Crippen molar-refractivity contribution in [2.45, 2.75) is 65.3 Å². The fraction of sp³-hybridized carbons (Fsp3) is 0.750. The van der Waals surface area contributed by atoms with Crippen LogP contribution in [0.1, 0.15) is 70.9 Å². The molecule has 0 bridgehead atoms. The maximum absolute atomic E-state index is 5.40. The van der Waals surface area contributed by atoms with E-state index in [-0.39, 0.29) is 0 Å². The van der Waals surface area contributed by atoms with E-state index in [1.54, 1.807) is 6.26 Å². The first-order valence-corrected chi connectivity index (χ1v) is 8.48. The Balaban J connectivity index is 2.65. The summed E-state index contributed by atoms with van der Waals surface area (Å²) in [6.07, 6.45) is 9.37. The van der Waals surface area contributed by atoms with Gasteiger partial charge < -0.3 is 9.73 Å². The topological polar surface area (TPSA) is 25.2 Å². The van der Waals surface area contributed by atoms with E-state index in [0.717, 1.165) is 23.6 Å². The van der Waals surface area contributed by atoms with Gasteiger partial charge in [0.1, 0.15) is 0 Å². The van der Waals surface area contributed by atoms with Crippen molar-refractivity contribution in [2.24, 2.45) is 5.92 Å². The average Bonchev–Trinajstić information content (AvgIpc) is 2.84. The molecule has 1 aromatic heterocycles. The summed E-state index contributed by atoms with van der Waals surface area (Å²) in [5.41, 5.74) is 1.27. The molecule has 0 radical (unpaired) electrons. The van der Waals surface area contributed by atoms with Crippen LogP contribution in [0.2, 0.25) is 0 Å². The molecule has 0 aliphatic heterocycles. The molecule has 2 nitrogen and oxygen atoms in total. The molecule has 0 aliphatic rings. The van der Waals surface area contributed by atoms with Gasteiger partial charge in [-0.1, -0.05) is 46.5 Å². The summed E-state index contributed by atoms with van der Waals surface area (Å²) in [7, 11) is 0. The van der Waals surface area contributed by atoms with E-state index >= 15 is 0 Å². The summed E-state index contributed by atoms with van der Waals surface area (Å²) in [6, 6.07) is 2.50. The molecule has 110 valence electrons. The number of hydrogen-bond acceptors (Lipinski definition) is 2. The van der Waals surface area contributed by atoms with Gasteiger partial charge >= 0.3 is 0 Å². The van der Waals surface area contributed by atoms with E-state index in [2.05, 4.69) is 48.1 Å². The van der Waals surface area contributed by atoms with Crippen molar-refractivity contribution in [3.63, 3.8) is 0 Å². The lowest BCUT2D eigenvalue weighted by Gasteiger charge is -2.23. The molecule has 1 rings (SSSR count). The van der Waals surface area contributed by atoms with Gasteiger partial charge in [-0.3, -0.25) is 0 Å². The fourth-order valence-corrected chi connectivity index (χ4v) is 3.02. The summed E-state index contributed by atoms with van der Waals surface area (Å²) < 4.78 is 6.28. The largest absolute Gasteiger partial charge is 0.457 e. The van der Waals surface area contributed by atoms with Gasteiger partial charge in [0.25, 0.3) is 0 Å². The normalized spacial score (nSPS) is 14.5. The predicted octanol–water partition coefficient (Wildman–Crippen LogP) is 5.69. The molecule has 1 heterocycles. The van der Waals surface area contributed by atoms with Crippen LogP contribution in [-0.4, -0.2) is 6.54 Å². The molecule has 2 unspecified atom stereocenters. The summed E-state index contributed by atoms with van der Waals surface area (Å²) >= 11 is 3.52. The average molecular weight is 330 g/mol. The van der Waals surface area contributed by atoms with Gasteiger partial charge in [-0.05, 0) is 47.3 Å². The van der Waals surface area contributed by atoms with Crippen LogP contribution in [0.15, 0.2) is 21.4 Å². The number of halogens is 1. The van der Waals surface area contributed by atoms with E-state index in [9.17, 15) is 0 Å². The Kier molecular flexibility index (Phi) is 8.47. The molecule has 0 spiro atoms. The molecular weight excluding hydrogens is 302 g/mol. The van der Waals surface area contributed by atoms with Crippen LogP contribution in [0.3, 0.4) is 0 Å². The second-order valence-electron chi connectivity index (χ2n) is 5.31. The lowest BCUT2D eigenvalue weighted by Crippen LogP contribution is -2.24. The zero-order valence-electron chi connectivity index (χ0n) is 12.5. The van der Waals surface area contributed by atoms with Crippen LogP contribution in [0.5, 0.6) is 0 Å². The van der Waals surface area contributed by atoms with Gasteiger partial charge in [0.2, 0.25) is 0 Å². The van der Waals surface area contributed by atoms with Crippen molar-refractivity contribution in [1.29, 1.82) is 0 Å². The van der Waals surface area contributed by atoms with E-state index in [4.69, 9.17) is 4.42 Å². The van der Waals surface area contributed by atoms with Crippen LogP contribution in [0.4, 0.5) is 0 Å². The monoisotopic (exact) mass is 329 g/mol. The van der Waals surface area contributed by atoms with Gasteiger partial charge in [0.05, 0.1) is 6.26 Å². The molecule has 0 saturated carbocycles.